The van der Waals surface area contributed by atoms with Gasteiger partial charge in [-0.25, -0.2) is 14.0 Å². The maximum atomic E-state index is 14.8. The second kappa shape index (κ2) is 13.1. The molecule has 228 valence electrons. The lowest BCUT2D eigenvalue weighted by atomic mass is 9.96. The highest BCUT2D eigenvalue weighted by atomic mass is 32.2. The van der Waals surface area contributed by atoms with Gasteiger partial charge in [0, 0.05) is 4.90 Å². The molecule has 45 heavy (non-hydrogen) atoms. The summed E-state index contributed by atoms with van der Waals surface area (Å²) in [6.07, 6.45) is -4.40. The number of imide groups is 1. The maximum Gasteiger partial charge on any atom is 0.338 e. The normalized spacial score (nSPS) is 22.5. The van der Waals surface area contributed by atoms with Crippen molar-refractivity contribution in [2.45, 2.75) is 41.6 Å². The van der Waals surface area contributed by atoms with Crippen LogP contribution in [0.3, 0.4) is 0 Å². The number of hydrogen-bond acceptors (Lipinski definition) is 8. The Morgan fingerprint density at radius 3 is 1.73 bits per heavy atom. The summed E-state index contributed by atoms with van der Waals surface area (Å²) in [5, 5.41) is 0. The summed E-state index contributed by atoms with van der Waals surface area (Å²) < 4.78 is 33.0. The third-order valence-corrected chi connectivity index (χ3v) is 8.84. The number of carbonyl (C=O) groups is 4. The molecule has 0 radical (unpaired) electrons. The number of nitrogens with zero attached hydrogens (tertiary/aromatic N) is 1. The van der Waals surface area contributed by atoms with Crippen LogP contribution >= 0.6 is 11.8 Å². The smallest absolute Gasteiger partial charge is 0.338 e. The van der Waals surface area contributed by atoms with E-state index in [0.717, 1.165) is 22.2 Å². The second-order valence-corrected chi connectivity index (χ2v) is 11.8. The van der Waals surface area contributed by atoms with Crippen molar-refractivity contribution in [3.05, 3.63) is 137 Å². The molecule has 1 saturated heterocycles. The Bertz CT molecular complexity index is 1680. The predicted octanol–water partition coefficient (Wildman–Crippen LogP) is 5.90. The summed E-state index contributed by atoms with van der Waals surface area (Å²) in [6.45, 7) is 0.822. The number of alkyl halides is 1. The molecule has 0 spiro atoms. The number of aryl methyl sites for hydroxylation is 1. The number of esters is 2. The predicted molar refractivity (Wildman–Crippen MR) is 164 cm³/mol. The van der Waals surface area contributed by atoms with E-state index in [1.165, 1.54) is 36.4 Å². The molecule has 2 aliphatic rings. The molecule has 0 aromatic heterocycles. The number of amides is 2. The minimum atomic E-state index is -1.51. The quantitative estimate of drug-likeness (QED) is 0.176. The zero-order valence-corrected chi connectivity index (χ0v) is 24.9. The number of carbonyl (C=O) groups excluding carboxylic acids is 4. The van der Waals surface area contributed by atoms with E-state index in [2.05, 4.69) is 0 Å². The number of halogens is 1. The van der Waals surface area contributed by atoms with E-state index in [4.69, 9.17) is 14.2 Å². The molecule has 1 fully saturated rings. The third-order valence-electron chi connectivity index (χ3n) is 7.67. The standard InChI is InChI=1S/C35H28FNO7S/c1-21-16-18-24(19-17-21)45-35-28(37-31(38)25-14-8-9-15-26(25)32(37)39)30(44-34(41)23-12-6-3-7-13-23)29(27(20-36)42-35)43-33(40)22-10-4-2-5-11-22/h2-19,27-30,35H,20H2,1H3/t27-,28-,29-,30-,35+/m1/s1. The molecule has 6 rings (SSSR count). The number of hydrogen-bond donors (Lipinski definition) is 0. The first-order chi connectivity index (χ1) is 21.9. The second-order valence-electron chi connectivity index (χ2n) is 10.6. The first-order valence-corrected chi connectivity index (χ1v) is 15.2. The third kappa shape index (κ3) is 6.11. The molecule has 10 heteroatoms. The summed E-state index contributed by atoms with van der Waals surface area (Å²) >= 11 is 1.15. The van der Waals surface area contributed by atoms with Gasteiger partial charge in [-0.05, 0) is 55.5 Å². The van der Waals surface area contributed by atoms with E-state index in [-0.39, 0.29) is 22.3 Å². The average molecular weight is 626 g/mol. The van der Waals surface area contributed by atoms with Gasteiger partial charge in [-0.2, -0.15) is 0 Å². The van der Waals surface area contributed by atoms with Crippen molar-refractivity contribution in [2.75, 3.05) is 6.67 Å². The van der Waals surface area contributed by atoms with E-state index >= 15 is 0 Å². The molecule has 8 nitrogen and oxygen atoms in total. The van der Waals surface area contributed by atoms with Gasteiger partial charge in [-0.1, -0.05) is 78.0 Å². The van der Waals surface area contributed by atoms with Gasteiger partial charge >= 0.3 is 11.9 Å². The maximum absolute atomic E-state index is 14.8. The van der Waals surface area contributed by atoms with Crippen LogP contribution in [-0.2, 0) is 14.2 Å². The van der Waals surface area contributed by atoms with E-state index in [1.807, 2.05) is 31.2 Å². The Morgan fingerprint density at radius 2 is 1.22 bits per heavy atom. The average Bonchev–Trinajstić information content (AvgIpc) is 3.32. The summed E-state index contributed by atoms with van der Waals surface area (Å²) in [5.74, 6) is -2.88. The van der Waals surface area contributed by atoms with Crippen molar-refractivity contribution in [2.24, 2.45) is 0 Å². The lowest BCUT2D eigenvalue weighted by molar-refractivity contribution is -0.178. The molecule has 4 aromatic rings. The van der Waals surface area contributed by atoms with Crippen LogP contribution in [0.2, 0.25) is 0 Å². The van der Waals surface area contributed by atoms with Gasteiger partial charge in [-0.15, -0.1) is 0 Å². The van der Waals surface area contributed by atoms with Crippen molar-refractivity contribution in [1.29, 1.82) is 0 Å². The summed E-state index contributed by atoms with van der Waals surface area (Å²) in [7, 11) is 0. The van der Waals surface area contributed by atoms with E-state index in [9.17, 15) is 23.6 Å². The molecule has 0 saturated carbocycles. The highest BCUT2D eigenvalue weighted by Gasteiger charge is 2.57. The van der Waals surface area contributed by atoms with E-state index < -0.39 is 60.2 Å². The number of fused-ring (bicyclic) bond motifs is 1. The summed E-state index contributed by atoms with van der Waals surface area (Å²) in [4.78, 5) is 56.3. The highest BCUT2D eigenvalue weighted by Crippen LogP contribution is 2.41. The van der Waals surface area contributed by atoms with Crippen LogP contribution in [0.5, 0.6) is 0 Å². The molecular formula is C35H28FNO7S. The first kappa shape index (κ1) is 30.2. The molecule has 0 aliphatic carbocycles. The van der Waals surface area contributed by atoms with Crippen molar-refractivity contribution >= 4 is 35.5 Å². The van der Waals surface area contributed by atoms with Gasteiger partial charge < -0.3 is 14.2 Å². The number of thioether (sulfide) groups is 1. The fourth-order valence-corrected chi connectivity index (χ4v) is 6.60. The summed E-state index contributed by atoms with van der Waals surface area (Å²) in [5.41, 5.74) is 0.593. The van der Waals surface area contributed by atoms with Crippen LogP contribution in [0.4, 0.5) is 4.39 Å². The van der Waals surface area contributed by atoms with Gasteiger partial charge in [0.25, 0.3) is 11.8 Å². The lowest BCUT2D eigenvalue weighted by Gasteiger charge is -2.47. The molecule has 2 amide bonds. The first-order valence-electron chi connectivity index (χ1n) is 14.3. The van der Waals surface area contributed by atoms with Crippen molar-refractivity contribution in [3.63, 3.8) is 0 Å². The van der Waals surface area contributed by atoms with Crippen LogP contribution in [0.1, 0.15) is 47.0 Å². The Balaban J connectivity index is 1.46. The SMILES string of the molecule is Cc1ccc(S[C@@H]2O[C@H](CF)[C@@H](OC(=O)c3ccccc3)[C@H](OC(=O)c3ccccc3)[C@H]2N2C(=O)c3ccccc3C2=O)cc1. The molecule has 0 N–H and O–H groups in total. The monoisotopic (exact) mass is 625 g/mol. The van der Waals surface area contributed by atoms with Crippen LogP contribution in [0, 0.1) is 6.92 Å². The van der Waals surface area contributed by atoms with Crippen LogP contribution < -0.4 is 0 Å². The Labute approximate surface area is 263 Å². The number of benzene rings is 4. The van der Waals surface area contributed by atoms with E-state index in [0.29, 0.717) is 4.90 Å². The van der Waals surface area contributed by atoms with Crippen LogP contribution in [0.15, 0.2) is 114 Å². The van der Waals surface area contributed by atoms with Gasteiger partial charge in [-0.3, -0.25) is 14.5 Å². The van der Waals surface area contributed by atoms with Crippen LogP contribution in [0.25, 0.3) is 0 Å². The minimum Gasteiger partial charge on any atom is -0.452 e. The zero-order valence-electron chi connectivity index (χ0n) is 24.1. The van der Waals surface area contributed by atoms with Gasteiger partial charge in [0.05, 0.1) is 22.3 Å². The fraction of sp³-hybridized carbons (Fsp3) is 0.200. The Morgan fingerprint density at radius 1 is 0.733 bits per heavy atom. The number of rotatable bonds is 8. The molecule has 0 bridgehead atoms. The van der Waals surface area contributed by atoms with Crippen molar-refractivity contribution in [3.8, 4) is 0 Å². The molecule has 2 heterocycles. The van der Waals surface area contributed by atoms with E-state index in [1.54, 1.807) is 48.5 Å². The molecule has 2 aliphatic heterocycles. The van der Waals surface area contributed by atoms with Crippen molar-refractivity contribution < 1.29 is 37.8 Å². The Hall–Kier alpha value is -4.80. The lowest BCUT2D eigenvalue weighted by Crippen LogP contribution is -2.66. The fourth-order valence-electron chi connectivity index (χ4n) is 5.42. The number of ether oxygens (including phenoxy) is 3. The minimum absolute atomic E-state index is 0.167. The Kier molecular flexibility index (Phi) is 8.77. The summed E-state index contributed by atoms with van der Waals surface area (Å²) in [6, 6.07) is 28.6. The molecule has 0 unspecified atom stereocenters. The van der Waals surface area contributed by atoms with Gasteiger partial charge in [0.15, 0.2) is 12.2 Å². The topological polar surface area (TPSA) is 99.2 Å². The van der Waals surface area contributed by atoms with Crippen molar-refractivity contribution in [1.82, 2.24) is 4.90 Å². The molecule has 4 aromatic carbocycles. The van der Waals surface area contributed by atoms with Gasteiger partial charge in [0.2, 0.25) is 0 Å². The highest BCUT2D eigenvalue weighted by molar-refractivity contribution is 7.99. The zero-order chi connectivity index (χ0) is 31.5. The largest absolute Gasteiger partial charge is 0.452 e. The van der Waals surface area contributed by atoms with Gasteiger partial charge in [0.1, 0.15) is 24.3 Å². The van der Waals surface area contributed by atoms with Crippen LogP contribution in [-0.4, -0.2) is 65.1 Å². The molecule has 5 atom stereocenters. The molecular weight excluding hydrogens is 597 g/mol.